The highest BCUT2D eigenvalue weighted by Gasteiger charge is 2.43. The fourth-order valence-corrected chi connectivity index (χ4v) is 4.09. The zero-order chi connectivity index (χ0) is 18.6. The molecule has 2 atom stereocenters. The van der Waals surface area contributed by atoms with E-state index in [9.17, 15) is 4.79 Å². The number of hydrogen-bond acceptors (Lipinski definition) is 3. The second-order valence-electron chi connectivity index (χ2n) is 7.72. The van der Waals surface area contributed by atoms with Crippen LogP contribution in [0.25, 0.3) is 0 Å². The molecule has 1 saturated carbocycles. The summed E-state index contributed by atoms with van der Waals surface area (Å²) in [5, 5.41) is 3.09. The Labute approximate surface area is 162 Å². The van der Waals surface area contributed by atoms with E-state index in [1.165, 1.54) is 24.2 Å². The number of hydrogen-bond donors (Lipinski definition) is 1. The number of amides is 1. The molecule has 2 unspecified atom stereocenters. The Morgan fingerprint density at radius 2 is 1.70 bits per heavy atom. The number of nitrogens with one attached hydrogen (secondary N) is 1. The van der Waals surface area contributed by atoms with Crippen LogP contribution in [-0.4, -0.2) is 43.5 Å². The quantitative estimate of drug-likeness (QED) is 0.844. The number of carbonyl (C=O) groups is 1. The van der Waals surface area contributed by atoms with E-state index in [-0.39, 0.29) is 11.8 Å². The van der Waals surface area contributed by atoms with E-state index in [0.29, 0.717) is 5.92 Å². The third kappa shape index (κ3) is 4.33. The molecule has 0 spiro atoms. The van der Waals surface area contributed by atoms with Crippen LogP contribution in [0.2, 0.25) is 0 Å². The van der Waals surface area contributed by atoms with Gasteiger partial charge in [-0.2, -0.15) is 0 Å². The number of nitrogens with zero attached hydrogens (tertiary/aromatic N) is 2. The van der Waals surface area contributed by atoms with E-state index in [4.69, 9.17) is 0 Å². The topological polar surface area (TPSA) is 35.6 Å². The first kappa shape index (κ1) is 18.1. The summed E-state index contributed by atoms with van der Waals surface area (Å²) in [6.07, 6.45) is 2.18. The number of carbonyl (C=O) groups excluding carboxylic acids is 1. The Morgan fingerprint density at radius 3 is 2.37 bits per heavy atom. The normalized spacial score (nSPS) is 22.5. The van der Waals surface area contributed by atoms with Crippen molar-refractivity contribution in [3.8, 4) is 0 Å². The third-order valence-electron chi connectivity index (χ3n) is 5.77. The maximum atomic E-state index is 12.5. The van der Waals surface area contributed by atoms with Gasteiger partial charge in [0.2, 0.25) is 5.91 Å². The molecule has 1 aliphatic carbocycles. The van der Waals surface area contributed by atoms with Crippen LogP contribution in [0.3, 0.4) is 0 Å². The fraction of sp³-hybridized carbons (Fsp3) is 0.435. The van der Waals surface area contributed by atoms with E-state index in [1.807, 2.05) is 30.3 Å². The molecule has 27 heavy (non-hydrogen) atoms. The minimum Gasteiger partial charge on any atom is -0.369 e. The minimum atomic E-state index is 0.110. The number of piperazine rings is 1. The Hall–Kier alpha value is -2.33. The lowest BCUT2D eigenvalue weighted by molar-refractivity contribution is -0.117. The molecule has 4 heteroatoms. The SMILES string of the molecule is CCCN1CCN(c2ccc(NC(=O)C3CC3c3ccccc3)cc2)CC1. The summed E-state index contributed by atoms with van der Waals surface area (Å²) in [5.74, 6) is 0.633. The maximum absolute atomic E-state index is 12.5. The third-order valence-corrected chi connectivity index (χ3v) is 5.77. The van der Waals surface area contributed by atoms with E-state index in [2.05, 4.69) is 46.3 Å². The molecule has 1 amide bonds. The first-order chi connectivity index (χ1) is 13.2. The van der Waals surface area contributed by atoms with Gasteiger partial charge in [0.1, 0.15) is 0 Å². The molecule has 4 nitrogen and oxygen atoms in total. The Kier molecular flexibility index (Phi) is 5.44. The summed E-state index contributed by atoms with van der Waals surface area (Å²) in [7, 11) is 0. The van der Waals surface area contributed by atoms with Crippen molar-refractivity contribution >= 4 is 17.3 Å². The van der Waals surface area contributed by atoms with Crippen molar-refractivity contribution in [3.05, 3.63) is 60.2 Å². The lowest BCUT2D eigenvalue weighted by Gasteiger charge is -2.36. The van der Waals surface area contributed by atoms with Crippen molar-refractivity contribution in [1.82, 2.24) is 4.90 Å². The van der Waals surface area contributed by atoms with Gasteiger partial charge in [-0.15, -0.1) is 0 Å². The summed E-state index contributed by atoms with van der Waals surface area (Å²) in [6.45, 7) is 7.86. The monoisotopic (exact) mass is 363 g/mol. The molecule has 2 aromatic carbocycles. The predicted octanol–water partition coefficient (Wildman–Crippen LogP) is 3.96. The van der Waals surface area contributed by atoms with E-state index in [0.717, 1.165) is 38.3 Å². The Morgan fingerprint density at radius 1 is 1.00 bits per heavy atom. The van der Waals surface area contributed by atoms with Crippen LogP contribution in [0.15, 0.2) is 54.6 Å². The van der Waals surface area contributed by atoms with Crippen LogP contribution >= 0.6 is 0 Å². The minimum absolute atomic E-state index is 0.110. The van der Waals surface area contributed by atoms with Gasteiger partial charge in [-0.1, -0.05) is 37.3 Å². The fourth-order valence-electron chi connectivity index (χ4n) is 4.09. The zero-order valence-corrected chi connectivity index (χ0v) is 16.1. The van der Waals surface area contributed by atoms with Crippen molar-refractivity contribution in [2.24, 2.45) is 5.92 Å². The van der Waals surface area contributed by atoms with Crippen LogP contribution in [0.4, 0.5) is 11.4 Å². The van der Waals surface area contributed by atoms with Gasteiger partial charge < -0.3 is 10.2 Å². The summed E-state index contributed by atoms with van der Waals surface area (Å²) in [6, 6.07) is 18.7. The largest absolute Gasteiger partial charge is 0.369 e. The molecule has 2 aliphatic rings. The van der Waals surface area contributed by atoms with E-state index < -0.39 is 0 Å². The molecule has 1 aliphatic heterocycles. The van der Waals surface area contributed by atoms with E-state index in [1.54, 1.807) is 0 Å². The number of rotatable bonds is 6. The molecule has 0 bridgehead atoms. The average Bonchev–Trinajstić information content (AvgIpc) is 3.51. The lowest BCUT2D eigenvalue weighted by Crippen LogP contribution is -2.46. The van der Waals surface area contributed by atoms with Gasteiger partial charge in [0.15, 0.2) is 0 Å². The summed E-state index contributed by atoms with van der Waals surface area (Å²) in [5.41, 5.74) is 3.42. The van der Waals surface area contributed by atoms with Crippen LogP contribution in [0, 0.1) is 5.92 Å². The van der Waals surface area contributed by atoms with Gasteiger partial charge in [-0.05, 0) is 55.1 Å². The van der Waals surface area contributed by atoms with Gasteiger partial charge in [0.05, 0.1) is 0 Å². The van der Waals surface area contributed by atoms with Crippen molar-refractivity contribution in [2.45, 2.75) is 25.7 Å². The molecule has 0 radical (unpaired) electrons. The van der Waals surface area contributed by atoms with Crippen molar-refractivity contribution < 1.29 is 4.79 Å². The smallest absolute Gasteiger partial charge is 0.228 e. The highest BCUT2D eigenvalue weighted by atomic mass is 16.2. The van der Waals surface area contributed by atoms with Crippen molar-refractivity contribution in [1.29, 1.82) is 0 Å². The standard InChI is InChI=1S/C23H29N3O/c1-2-12-25-13-15-26(16-14-25)20-10-8-19(9-11-20)24-23(27)22-17-21(22)18-6-4-3-5-7-18/h3-11,21-22H,2,12-17H2,1H3,(H,24,27). The Bertz CT molecular complexity index is 751. The van der Waals surface area contributed by atoms with Crippen LogP contribution in [-0.2, 0) is 4.79 Å². The van der Waals surface area contributed by atoms with Crippen LogP contribution in [0.1, 0.15) is 31.2 Å². The lowest BCUT2D eigenvalue weighted by atomic mass is 10.1. The van der Waals surface area contributed by atoms with Crippen LogP contribution in [0.5, 0.6) is 0 Å². The van der Waals surface area contributed by atoms with Gasteiger partial charge in [-0.25, -0.2) is 0 Å². The van der Waals surface area contributed by atoms with Gasteiger partial charge in [-0.3, -0.25) is 9.69 Å². The maximum Gasteiger partial charge on any atom is 0.228 e. The first-order valence-corrected chi connectivity index (χ1v) is 10.2. The molecule has 1 heterocycles. The van der Waals surface area contributed by atoms with Gasteiger partial charge in [0.25, 0.3) is 0 Å². The first-order valence-electron chi connectivity index (χ1n) is 10.2. The van der Waals surface area contributed by atoms with E-state index >= 15 is 0 Å². The van der Waals surface area contributed by atoms with Crippen molar-refractivity contribution in [3.63, 3.8) is 0 Å². The molecule has 2 fully saturated rings. The molecule has 4 rings (SSSR count). The molecule has 1 saturated heterocycles. The summed E-state index contributed by atoms with van der Waals surface area (Å²) in [4.78, 5) is 17.5. The molecule has 1 N–H and O–H groups in total. The molecule has 2 aromatic rings. The van der Waals surface area contributed by atoms with Gasteiger partial charge in [0, 0.05) is 43.5 Å². The molecular formula is C23H29N3O. The highest BCUT2D eigenvalue weighted by Crippen LogP contribution is 2.47. The molecule has 142 valence electrons. The highest BCUT2D eigenvalue weighted by molar-refractivity contribution is 5.95. The average molecular weight is 364 g/mol. The molecular weight excluding hydrogens is 334 g/mol. The summed E-state index contributed by atoms with van der Waals surface area (Å²) < 4.78 is 0. The molecule has 0 aromatic heterocycles. The predicted molar refractivity (Wildman–Crippen MR) is 111 cm³/mol. The second kappa shape index (κ2) is 8.13. The number of benzene rings is 2. The second-order valence-corrected chi connectivity index (χ2v) is 7.72. The number of anilines is 2. The Balaban J connectivity index is 1.29. The van der Waals surface area contributed by atoms with Crippen molar-refractivity contribution in [2.75, 3.05) is 42.9 Å². The van der Waals surface area contributed by atoms with Crippen LogP contribution < -0.4 is 10.2 Å². The zero-order valence-electron chi connectivity index (χ0n) is 16.1. The van der Waals surface area contributed by atoms with Gasteiger partial charge >= 0.3 is 0 Å². The summed E-state index contributed by atoms with van der Waals surface area (Å²) >= 11 is 0.